The topological polar surface area (TPSA) is 63.5 Å². The van der Waals surface area contributed by atoms with E-state index in [-0.39, 0.29) is 17.4 Å². The number of carbonyl (C=O) groups excluding carboxylic acids is 1. The fourth-order valence-electron chi connectivity index (χ4n) is 3.26. The van der Waals surface area contributed by atoms with E-state index in [9.17, 15) is 19.3 Å². The van der Waals surface area contributed by atoms with Crippen LogP contribution in [0.15, 0.2) is 47.4 Å². The summed E-state index contributed by atoms with van der Waals surface area (Å²) in [6.45, 7) is 3.48. The summed E-state index contributed by atoms with van der Waals surface area (Å²) >= 11 is 1.26. The third-order valence-corrected chi connectivity index (χ3v) is 5.76. The molecule has 0 spiro atoms. The van der Waals surface area contributed by atoms with Crippen molar-refractivity contribution in [1.29, 1.82) is 0 Å². The van der Waals surface area contributed by atoms with Crippen molar-refractivity contribution >= 4 is 23.4 Å². The Morgan fingerprint density at radius 2 is 2.15 bits per heavy atom. The molecule has 0 N–H and O–H groups in total. The van der Waals surface area contributed by atoms with Crippen LogP contribution in [-0.2, 0) is 5.75 Å². The number of hydrogen-bond acceptors (Lipinski definition) is 4. The number of likely N-dealkylation sites (tertiary alicyclic amines) is 1. The number of benzene rings is 2. The lowest BCUT2D eigenvalue weighted by Crippen LogP contribution is -2.39. The second-order valence-electron chi connectivity index (χ2n) is 6.86. The molecule has 1 saturated heterocycles. The van der Waals surface area contributed by atoms with Crippen LogP contribution < -0.4 is 0 Å². The molecule has 2 aromatic carbocycles. The van der Waals surface area contributed by atoms with E-state index in [1.54, 1.807) is 29.2 Å². The Bertz CT molecular complexity index is 859. The van der Waals surface area contributed by atoms with Gasteiger partial charge in [-0.2, -0.15) is 0 Å². The van der Waals surface area contributed by atoms with Crippen LogP contribution in [0.3, 0.4) is 0 Å². The number of piperidine rings is 1. The molecule has 1 amide bonds. The lowest BCUT2D eigenvalue weighted by atomic mass is 9.99. The third-order valence-electron chi connectivity index (χ3n) is 4.63. The predicted octanol–water partition coefficient (Wildman–Crippen LogP) is 4.90. The lowest BCUT2D eigenvalue weighted by molar-refractivity contribution is -0.387. The molecule has 0 aromatic heterocycles. The van der Waals surface area contributed by atoms with E-state index in [2.05, 4.69) is 6.92 Å². The van der Waals surface area contributed by atoms with E-state index in [1.807, 2.05) is 0 Å². The van der Waals surface area contributed by atoms with Gasteiger partial charge in [-0.15, -0.1) is 11.8 Å². The predicted molar refractivity (Wildman–Crippen MR) is 103 cm³/mol. The van der Waals surface area contributed by atoms with Crippen LogP contribution in [0.25, 0.3) is 0 Å². The number of nitro groups is 1. The summed E-state index contributed by atoms with van der Waals surface area (Å²) in [4.78, 5) is 26.0. The molecule has 2 aromatic rings. The van der Waals surface area contributed by atoms with Crippen molar-refractivity contribution < 1.29 is 14.1 Å². The highest BCUT2D eigenvalue weighted by Gasteiger charge is 2.24. The van der Waals surface area contributed by atoms with E-state index in [1.165, 1.54) is 30.0 Å². The van der Waals surface area contributed by atoms with Crippen molar-refractivity contribution in [2.24, 2.45) is 5.92 Å². The fourth-order valence-corrected chi connectivity index (χ4v) is 4.21. The number of halogens is 1. The Morgan fingerprint density at radius 1 is 1.33 bits per heavy atom. The molecule has 0 unspecified atom stereocenters. The highest BCUT2D eigenvalue weighted by Crippen LogP contribution is 2.33. The Morgan fingerprint density at radius 3 is 2.85 bits per heavy atom. The smallest absolute Gasteiger partial charge is 0.283 e. The SMILES string of the molecule is C[C@H]1CCCN(C(=O)c2ccc(SCc3cccc(F)c3)c([N+](=O)[O-])c2)C1. The molecule has 0 bridgehead atoms. The molecule has 0 aliphatic carbocycles. The van der Waals surface area contributed by atoms with Gasteiger partial charge in [0.1, 0.15) is 5.82 Å². The Hall–Kier alpha value is -2.41. The number of hydrogen-bond donors (Lipinski definition) is 0. The molecule has 5 nitrogen and oxygen atoms in total. The quantitative estimate of drug-likeness (QED) is 0.415. The van der Waals surface area contributed by atoms with Gasteiger partial charge in [0.05, 0.1) is 9.82 Å². The van der Waals surface area contributed by atoms with Crippen LogP contribution in [0.1, 0.15) is 35.7 Å². The summed E-state index contributed by atoms with van der Waals surface area (Å²) in [6, 6.07) is 10.8. The second-order valence-corrected chi connectivity index (χ2v) is 7.87. The van der Waals surface area contributed by atoms with Gasteiger partial charge < -0.3 is 4.90 Å². The van der Waals surface area contributed by atoms with Gasteiger partial charge in [-0.25, -0.2) is 4.39 Å². The van der Waals surface area contributed by atoms with E-state index < -0.39 is 4.92 Å². The number of rotatable bonds is 5. The van der Waals surface area contributed by atoms with Gasteiger partial charge in [-0.1, -0.05) is 19.1 Å². The van der Waals surface area contributed by atoms with Crippen LogP contribution >= 0.6 is 11.8 Å². The summed E-state index contributed by atoms with van der Waals surface area (Å²) < 4.78 is 13.3. The van der Waals surface area contributed by atoms with E-state index in [0.717, 1.165) is 18.4 Å². The third kappa shape index (κ3) is 4.86. The lowest BCUT2D eigenvalue weighted by Gasteiger charge is -2.31. The van der Waals surface area contributed by atoms with Gasteiger partial charge in [0.25, 0.3) is 11.6 Å². The average molecular weight is 388 g/mol. The molecular weight excluding hydrogens is 367 g/mol. The average Bonchev–Trinajstić information content (AvgIpc) is 2.65. The van der Waals surface area contributed by atoms with Crippen LogP contribution in [0, 0.1) is 21.8 Å². The number of carbonyl (C=O) groups is 1. The van der Waals surface area contributed by atoms with Gasteiger partial charge in [0.15, 0.2) is 0 Å². The minimum absolute atomic E-state index is 0.0905. The van der Waals surface area contributed by atoms with Crippen LogP contribution in [0.2, 0.25) is 0 Å². The molecule has 1 aliphatic rings. The summed E-state index contributed by atoms with van der Waals surface area (Å²) in [6.07, 6.45) is 2.05. The van der Waals surface area contributed by atoms with Crippen molar-refractivity contribution in [3.8, 4) is 0 Å². The first-order valence-electron chi connectivity index (χ1n) is 8.89. The van der Waals surface area contributed by atoms with Gasteiger partial charge >= 0.3 is 0 Å². The molecule has 3 rings (SSSR count). The zero-order chi connectivity index (χ0) is 19.4. The van der Waals surface area contributed by atoms with Crippen molar-refractivity contribution in [2.75, 3.05) is 13.1 Å². The maximum atomic E-state index is 13.3. The van der Waals surface area contributed by atoms with E-state index in [0.29, 0.717) is 35.2 Å². The van der Waals surface area contributed by atoms with E-state index in [4.69, 9.17) is 0 Å². The number of nitro benzene ring substituents is 1. The monoisotopic (exact) mass is 388 g/mol. The largest absolute Gasteiger partial charge is 0.338 e. The van der Waals surface area contributed by atoms with Gasteiger partial charge in [-0.05, 0) is 48.6 Å². The Labute approximate surface area is 161 Å². The maximum Gasteiger partial charge on any atom is 0.283 e. The van der Waals surface area contributed by atoms with Crippen molar-refractivity contribution in [2.45, 2.75) is 30.4 Å². The van der Waals surface area contributed by atoms with Crippen molar-refractivity contribution in [3.05, 3.63) is 69.5 Å². The summed E-state index contributed by atoms with van der Waals surface area (Å²) in [7, 11) is 0. The first-order chi connectivity index (χ1) is 12.9. The molecule has 27 heavy (non-hydrogen) atoms. The summed E-state index contributed by atoms with van der Waals surface area (Å²) in [5.41, 5.74) is 0.995. The molecule has 0 saturated carbocycles. The maximum absolute atomic E-state index is 13.3. The minimum atomic E-state index is -0.469. The van der Waals surface area contributed by atoms with Crippen molar-refractivity contribution in [3.63, 3.8) is 0 Å². The van der Waals surface area contributed by atoms with E-state index >= 15 is 0 Å². The molecule has 1 fully saturated rings. The van der Waals surface area contributed by atoms with Crippen molar-refractivity contribution in [1.82, 2.24) is 4.90 Å². The van der Waals surface area contributed by atoms with Crippen LogP contribution in [0.4, 0.5) is 10.1 Å². The molecule has 7 heteroatoms. The molecule has 1 aliphatic heterocycles. The highest BCUT2D eigenvalue weighted by molar-refractivity contribution is 7.98. The summed E-state index contributed by atoms with van der Waals surface area (Å²) in [5.74, 6) is 0.361. The molecular formula is C20H21FN2O3S. The second kappa shape index (κ2) is 8.52. The molecule has 0 radical (unpaired) electrons. The highest BCUT2D eigenvalue weighted by atomic mass is 32.2. The minimum Gasteiger partial charge on any atom is -0.338 e. The zero-order valence-electron chi connectivity index (χ0n) is 15.1. The van der Waals surface area contributed by atoms with Crippen LogP contribution in [-0.4, -0.2) is 28.8 Å². The standard InChI is InChI=1S/C20H21FN2O3S/c1-14-4-3-9-22(12-14)20(24)16-7-8-19(18(11-16)23(25)26)27-13-15-5-2-6-17(21)10-15/h2,5-8,10-11,14H,3-4,9,12-13H2,1H3/t14-/m0/s1. The van der Waals surface area contributed by atoms with Crippen LogP contribution in [0.5, 0.6) is 0 Å². The molecule has 1 heterocycles. The molecule has 1 atom stereocenters. The normalized spacial score (nSPS) is 17.0. The van der Waals surface area contributed by atoms with Gasteiger partial charge in [0.2, 0.25) is 0 Å². The fraction of sp³-hybridized carbons (Fsp3) is 0.350. The first-order valence-corrected chi connectivity index (χ1v) is 9.87. The Kier molecular flexibility index (Phi) is 6.11. The molecule has 142 valence electrons. The number of nitrogens with zero attached hydrogens (tertiary/aromatic N) is 2. The summed E-state index contributed by atoms with van der Waals surface area (Å²) in [5, 5.41) is 11.5. The van der Waals surface area contributed by atoms with Gasteiger partial charge in [-0.3, -0.25) is 14.9 Å². The first kappa shape index (κ1) is 19.4. The zero-order valence-corrected chi connectivity index (χ0v) is 15.9. The Balaban J connectivity index is 1.78. The number of thioether (sulfide) groups is 1. The van der Waals surface area contributed by atoms with Gasteiger partial charge in [0, 0.05) is 30.5 Å². The number of amides is 1.